The molecule has 124 valence electrons. The third kappa shape index (κ3) is 3.39. The van der Waals surface area contributed by atoms with Gasteiger partial charge in [-0.05, 0) is 37.3 Å². The van der Waals surface area contributed by atoms with E-state index in [1.807, 2.05) is 35.2 Å². The Kier molecular flexibility index (Phi) is 4.96. The van der Waals surface area contributed by atoms with Gasteiger partial charge in [0.2, 0.25) is 11.8 Å². The molecule has 0 aromatic heterocycles. The molecule has 2 amide bonds. The number of carbonyl (C=O) groups is 2. The molecule has 1 aromatic rings. The number of piperidine rings is 1. The minimum absolute atomic E-state index is 0.0439. The van der Waals surface area contributed by atoms with Crippen LogP contribution in [0.1, 0.15) is 37.3 Å². The maximum Gasteiger partial charge on any atom is 0.250 e. The zero-order valence-corrected chi connectivity index (χ0v) is 13.5. The van der Waals surface area contributed by atoms with Gasteiger partial charge in [0.1, 0.15) is 6.04 Å². The van der Waals surface area contributed by atoms with Gasteiger partial charge in [0.05, 0.1) is 0 Å². The maximum atomic E-state index is 13.1. The fourth-order valence-corrected chi connectivity index (χ4v) is 3.59. The lowest BCUT2D eigenvalue weighted by molar-refractivity contribution is -0.147. The summed E-state index contributed by atoms with van der Waals surface area (Å²) in [5, 5.41) is 0. The fourth-order valence-electron chi connectivity index (χ4n) is 3.59. The van der Waals surface area contributed by atoms with Crippen LogP contribution in [0.3, 0.4) is 0 Å². The third-order valence-electron chi connectivity index (χ3n) is 4.95. The molecule has 2 N–H and O–H groups in total. The van der Waals surface area contributed by atoms with Crippen LogP contribution in [0.5, 0.6) is 0 Å². The molecule has 0 saturated carbocycles. The lowest BCUT2D eigenvalue weighted by Gasteiger charge is -2.36. The van der Waals surface area contributed by atoms with Crippen LogP contribution in [0, 0.1) is 5.92 Å². The van der Waals surface area contributed by atoms with E-state index in [4.69, 9.17) is 5.73 Å². The second-order valence-electron chi connectivity index (χ2n) is 6.53. The highest BCUT2D eigenvalue weighted by Crippen LogP contribution is 2.29. The lowest BCUT2D eigenvalue weighted by Crippen LogP contribution is -2.46. The molecule has 0 aliphatic carbocycles. The molecule has 0 radical (unpaired) electrons. The average Bonchev–Trinajstić information content (AvgIpc) is 3.07. The minimum Gasteiger partial charge on any atom is -0.340 e. The molecule has 5 heteroatoms. The van der Waals surface area contributed by atoms with Crippen LogP contribution in [0.15, 0.2) is 30.3 Å². The van der Waals surface area contributed by atoms with E-state index >= 15 is 0 Å². The SMILES string of the molecule is NCC1CCN(C(=O)C(c2ccccc2)N2CCCCC2=O)C1. The summed E-state index contributed by atoms with van der Waals surface area (Å²) in [6.45, 7) is 2.73. The molecule has 0 bridgehead atoms. The zero-order valence-electron chi connectivity index (χ0n) is 13.5. The molecule has 23 heavy (non-hydrogen) atoms. The van der Waals surface area contributed by atoms with Crippen LogP contribution in [-0.2, 0) is 9.59 Å². The topological polar surface area (TPSA) is 66.6 Å². The first-order valence-corrected chi connectivity index (χ1v) is 8.54. The number of rotatable bonds is 4. The molecule has 2 heterocycles. The van der Waals surface area contributed by atoms with E-state index in [0.717, 1.165) is 31.4 Å². The van der Waals surface area contributed by atoms with Gasteiger partial charge in [-0.25, -0.2) is 0 Å². The Balaban J connectivity index is 1.86. The molecule has 2 unspecified atom stereocenters. The van der Waals surface area contributed by atoms with Crippen molar-refractivity contribution in [3.8, 4) is 0 Å². The summed E-state index contributed by atoms with van der Waals surface area (Å²) < 4.78 is 0. The van der Waals surface area contributed by atoms with Crippen molar-refractivity contribution in [1.29, 1.82) is 0 Å². The van der Waals surface area contributed by atoms with Crippen molar-refractivity contribution in [2.45, 2.75) is 31.7 Å². The monoisotopic (exact) mass is 315 g/mol. The molecule has 2 fully saturated rings. The quantitative estimate of drug-likeness (QED) is 0.916. The molecule has 2 aliphatic rings. The van der Waals surface area contributed by atoms with Gasteiger partial charge in [-0.15, -0.1) is 0 Å². The Morgan fingerprint density at radius 2 is 2.00 bits per heavy atom. The van der Waals surface area contributed by atoms with Gasteiger partial charge < -0.3 is 15.5 Å². The van der Waals surface area contributed by atoms with E-state index in [1.165, 1.54) is 0 Å². The Bertz CT molecular complexity index is 561. The maximum absolute atomic E-state index is 13.1. The van der Waals surface area contributed by atoms with E-state index in [9.17, 15) is 9.59 Å². The molecule has 5 nitrogen and oxygen atoms in total. The van der Waals surface area contributed by atoms with Crippen LogP contribution in [-0.4, -0.2) is 47.8 Å². The molecular weight excluding hydrogens is 290 g/mol. The van der Waals surface area contributed by atoms with Crippen molar-refractivity contribution < 1.29 is 9.59 Å². The third-order valence-corrected chi connectivity index (χ3v) is 4.95. The van der Waals surface area contributed by atoms with E-state index in [-0.39, 0.29) is 11.8 Å². The first-order valence-electron chi connectivity index (χ1n) is 8.54. The van der Waals surface area contributed by atoms with E-state index in [2.05, 4.69) is 0 Å². The molecule has 3 rings (SSSR count). The minimum atomic E-state index is -0.486. The summed E-state index contributed by atoms with van der Waals surface area (Å²) in [6.07, 6.45) is 3.39. The van der Waals surface area contributed by atoms with Crippen molar-refractivity contribution in [1.82, 2.24) is 9.80 Å². The summed E-state index contributed by atoms with van der Waals surface area (Å²) >= 11 is 0. The van der Waals surface area contributed by atoms with Crippen LogP contribution < -0.4 is 5.73 Å². The molecule has 2 saturated heterocycles. The van der Waals surface area contributed by atoms with Crippen molar-refractivity contribution in [2.75, 3.05) is 26.2 Å². The summed E-state index contributed by atoms with van der Waals surface area (Å²) in [4.78, 5) is 29.2. The summed E-state index contributed by atoms with van der Waals surface area (Å²) in [6, 6.07) is 9.19. The van der Waals surface area contributed by atoms with E-state index < -0.39 is 6.04 Å². The second kappa shape index (κ2) is 7.13. The van der Waals surface area contributed by atoms with Gasteiger partial charge in [0.25, 0.3) is 0 Å². The highest BCUT2D eigenvalue weighted by Gasteiger charge is 2.37. The van der Waals surface area contributed by atoms with Gasteiger partial charge >= 0.3 is 0 Å². The Morgan fingerprint density at radius 3 is 2.65 bits per heavy atom. The number of nitrogens with zero attached hydrogens (tertiary/aromatic N) is 2. The Hall–Kier alpha value is -1.88. The van der Waals surface area contributed by atoms with Gasteiger partial charge in [-0.3, -0.25) is 9.59 Å². The van der Waals surface area contributed by atoms with E-state index in [1.54, 1.807) is 4.90 Å². The number of nitrogens with two attached hydrogens (primary N) is 1. The van der Waals surface area contributed by atoms with Gasteiger partial charge in [-0.1, -0.05) is 30.3 Å². The molecule has 0 spiro atoms. The van der Waals surface area contributed by atoms with Crippen molar-refractivity contribution >= 4 is 11.8 Å². The fraction of sp³-hybridized carbons (Fsp3) is 0.556. The number of hydrogen-bond donors (Lipinski definition) is 1. The van der Waals surface area contributed by atoms with Crippen LogP contribution in [0.25, 0.3) is 0 Å². The first-order chi connectivity index (χ1) is 11.2. The highest BCUT2D eigenvalue weighted by molar-refractivity contribution is 5.89. The second-order valence-corrected chi connectivity index (χ2v) is 6.53. The first kappa shape index (κ1) is 16.0. The van der Waals surface area contributed by atoms with Gasteiger partial charge in [-0.2, -0.15) is 0 Å². The van der Waals surface area contributed by atoms with Crippen molar-refractivity contribution in [2.24, 2.45) is 11.7 Å². The number of hydrogen-bond acceptors (Lipinski definition) is 3. The Labute approximate surface area is 137 Å². The van der Waals surface area contributed by atoms with Crippen LogP contribution >= 0.6 is 0 Å². The largest absolute Gasteiger partial charge is 0.340 e. The average molecular weight is 315 g/mol. The number of carbonyl (C=O) groups excluding carboxylic acids is 2. The van der Waals surface area contributed by atoms with Gasteiger partial charge in [0.15, 0.2) is 0 Å². The zero-order chi connectivity index (χ0) is 16.2. The summed E-state index contributed by atoms with van der Waals surface area (Å²) in [5.41, 5.74) is 6.65. The lowest BCUT2D eigenvalue weighted by atomic mass is 10.00. The Morgan fingerprint density at radius 1 is 1.22 bits per heavy atom. The summed E-state index contributed by atoms with van der Waals surface area (Å²) in [5.74, 6) is 0.517. The van der Waals surface area contributed by atoms with Crippen molar-refractivity contribution in [3.63, 3.8) is 0 Å². The number of benzene rings is 1. The molecular formula is C18H25N3O2. The predicted molar refractivity (Wildman–Crippen MR) is 88.5 cm³/mol. The standard InChI is InChI=1S/C18H25N3O2/c19-12-14-9-11-20(13-14)18(23)17(15-6-2-1-3-7-15)21-10-5-4-8-16(21)22/h1-3,6-7,14,17H,4-5,8-13,19H2. The van der Waals surface area contributed by atoms with Crippen LogP contribution in [0.2, 0.25) is 0 Å². The summed E-state index contributed by atoms with van der Waals surface area (Å²) in [7, 11) is 0. The van der Waals surface area contributed by atoms with E-state index in [0.29, 0.717) is 32.0 Å². The van der Waals surface area contributed by atoms with Crippen LogP contribution in [0.4, 0.5) is 0 Å². The number of likely N-dealkylation sites (tertiary alicyclic amines) is 2. The normalized spacial score (nSPS) is 23.2. The van der Waals surface area contributed by atoms with Gasteiger partial charge in [0, 0.05) is 26.1 Å². The predicted octanol–water partition coefficient (Wildman–Crippen LogP) is 1.55. The highest BCUT2D eigenvalue weighted by atomic mass is 16.2. The molecule has 1 aromatic carbocycles. The smallest absolute Gasteiger partial charge is 0.250 e. The molecule has 2 aliphatic heterocycles. The molecule has 2 atom stereocenters. The number of amides is 2. The van der Waals surface area contributed by atoms with Crippen molar-refractivity contribution in [3.05, 3.63) is 35.9 Å².